The summed E-state index contributed by atoms with van der Waals surface area (Å²) in [4.78, 5) is 13.8. The van der Waals surface area contributed by atoms with Crippen LogP contribution in [0.15, 0.2) is 30.3 Å². The molecule has 0 fully saturated rings. The SMILES string of the molecule is CCCN(CCN)C(=O)Cc1ccccc1. The van der Waals surface area contributed by atoms with Crippen molar-refractivity contribution in [2.24, 2.45) is 5.73 Å². The average Bonchev–Trinajstić information content (AvgIpc) is 2.30. The molecule has 0 spiro atoms. The zero-order valence-corrected chi connectivity index (χ0v) is 9.86. The average molecular weight is 220 g/mol. The third-order valence-electron chi connectivity index (χ3n) is 2.44. The van der Waals surface area contributed by atoms with Gasteiger partial charge in [-0.15, -0.1) is 0 Å². The molecule has 0 atom stereocenters. The highest BCUT2D eigenvalue weighted by Gasteiger charge is 2.11. The first-order chi connectivity index (χ1) is 7.77. The highest BCUT2D eigenvalue weighted by Crippen LogP contribution is 2.03. The van der Waals surface area contributed by atoms with Crippen molar-refractivity contribution in [1.29, 1.82) is 0 Å². The normalized spacial score (nSPS) is 10.1. The van der Waals surface area contributed by atoms with Crippen LogP contribution in [0.3, 0.4) is 0 Å². The van der Waals surface area contributed by atoms with Crippen molar-refractivity contribution in [3.05, 3.63) is 35.9 Å². The predicted molar refractivity (Wildman–Crippen MR) is 66.1 cm³/mol. The summed E-state index contributed by atoms with van der Waals surface area (Å²) in [5.74, 6) is 0.165. The number of hydrogen-bond donors (Lipinski definition) is 1. The van der Waals surface area contributed by atoms with Crippen LogP contribution < -0.4 is 5.73 Å². The molecule has 0 heterocycles. The fraction of sp³-hybridized carbons (Fsp3) is 0.462. The fourth-order valence-corrected chi connectivity index (χ4v) is 1.67. The quantitative estimate of drug-likeness (QED) is 0.788. The van der Waals surface area contributed by atoms with Crippen molar-refractivity contribution in [2.75, 3.05) is 19.6 Å². The molecular weight excluding hydrogens is 200 g/mol. The first kappa shape index (κ1) is 12.7. The lowest BCUT2D eigenvalue weighted by atomic mass is 10.1. The van der Waals surface area contributed by atoms with Gasteiger partial charge in [-0.3, -0.25) is 4.79 Å². The molecule has 0 aliphatic heterocycles. The van der Waals surface area contributed by atoms with E-state index in [0.29, 0.717) is 19.5 Å². The molecule has 0 aliphatic rings. The van der Waals surface area contributed by atoms with Gasteiger partial charge in [0.2, 0.25) is 5.91 Å². The van der Waals surface area contributed by atoms with E-state index in [2.05, 4.69) is 6.92 Å². The van der Waals surface area contributed by atoms with Crippen LogP contribution in [0.2, 0.25) is 0 Å². The Bertz CT molecular complexity index is 305. The Kier molecular flexibility index (Phi) is 5.57. The molecule has 0 saturated carbocycles. The van der Waals surface area contributed by atoms with Gasteiger partial charge in [0.1, 0.15) is 0 Å². The van der Waals surface area contributed by atoms with Crippen LogP contribution in [-0.4, -0.2) is 30.4 Å². The number of carbonyl (C=O) groups is 1. The molecule has 3 heteroatoms. The van der Waals surface area contributed by atoms with Crippen LogP contribution in [0.4, 0.5) is 0 Å². The standard InChI is InChI=1S/C13H20N2O/c1-2-9-15(10-8-14)13(16)11-12-6-4-3-5-7-12/h3-7H,2,8-11,14H2,1H3. The van der Waals surface area contributed by atoms with Gasteiger partial charge < -0.3 is 10.6 Å². The Labute approximate surface area is 97.2 Å². The van der Waals surface area contributed by atoms with E-state index < -0.39 is 0 Å². The fourth-order valence-electron chi connectivity index (χ4n) is 1.67. The highest BCUT2D eigenvalue weighted by molar-refractivity contribution is 5.78. The third-order valence-corrected chi connectivity index (χ3v) is 2.44. The second-order valence-electron chi connectivity index (χ2n) is 3.83. The number of rotatable bonds is 6. The van der Waals surface area contributed by atoms with E-state index in [9.17, 15) is 4.79 Å². The number of benzene rings is 1. The molecule has 1 rings (SSSR count). The number of amides is 1. The molecule has 1 amide bonds. The number of nitrogens with two attached hydrogens (primary N) is 1. The van der Waals surface area contributed by atoms with Gasteiger partial charge in [-0.05, 0) is 12.0 Å². The van der Waals surface area contributed by atoms with Crippen LogP contribution in [0.5, 0.6) is 0 Å². The maximum absolute atomic E-state index is 12.0. The topological polar surface area (TPSA) is 46.3 Å². The minimum Gasteiger partial charge on any atom is -0.341 e. The third kappa shape index (κ3) is 4.03. The lowest BCUT2D eigenvalue weighted by molar-refractivity contribution is -0.130. The minimum absolute atomic E-state index is 0.165. The summed E-state index contributed by atoms with van der Waals surface area (Å²) >= 11 is 0. The van der Waals surface area contributed by atoms with Crippen molar-refractivity contribution in [1.82, 2.24) is 4.90 Å². The van der Waals surface area contributed by atoms with Crippen LogP contribution in [0.25, 0.3) is 0 Å². The van der Waals surface area contributed by atoms with E-state index >= 15 is 0 Å². The van der Waals surface area contributed by atoms with Gasteiger partial charge in [0.15, 0.2) is 0 Å². The number of carbonyl (C=O) groups excluding carboxylic acids is 1. The molecule has 0 radical (unpaired) electrons. The molecule has 0 bridgehead atoms. The maximum Gasteiger partial charge on any atom is 0.227 e. The Hall–Kier alpha value is -1.35. The molecule has 1 aromatic rings. The van der Waals surface area contributed by atoms with Gasteiger partial charge in [-0.1, -0.05) is 37.3 Å². The second kappa shape index (κ2) is 7.01. The van der Waals surface area contributed by atoms with Crippen molar-refractivity contribution >= 4 is 5.91 Å². The van der Waals surface area contributed by atoms with E-state index in [-0.39, 0.29) is 5.91 Å². The molecule has 88 valence electrons. The summed E-state index contributed by atoms with van der Waals surface area (Å²) in [6.07, 6.45) is 1.45. The molecule has 2 N–H and O–H groups in total. The zero-order valence-electron chi connectivity index (χ0n) is 9.86. The molecule has 0 aromatic heterocycles. The molecule has 3 nitrogen and oxygen atoms in total. The van der Waals surface area contributed by atoms with E-state index in [1.165, 1.54) is 0 Å². The van der Waals surface area contributed by atoms with Gasteiger partial charge >= 0.3 is 0 Å². The van der Waals surface area contributed by atoms with Gasteiger partial charge in [-0.25, -0.2) is 0 Å². The molecule has 0 saturated heterocycles. The number of hydrogen-bond acceptors (Lipinski definition) is 2. The van der Waals surface area contributed by atoms with Crippen molar-refractivity contribution < 1.29 is 4.79 Å². The molecule has 0 unspecified atom stereocenters. The summed E-state index contributed by atoms with van der Waals surface area (Å²) in [5.41, 5.74) is 6.56. The molecule has 16 heavy (non-hydrogen) atoms. The predicted octanol–water partition coefficient (Wildman–Crippen LogP) is 1.43. The summed E-state index contributed by atoms with van der Waals surface area (Å²) in [5, 5.41) is 0. The van der Waals surface area contributed by atoms with Gasteiger partial charge in [0.25, 0.3) is 0 Å². The number of nitrogens with zero attached hydrogens (tertiary/aromatic N) is 1. The second-order valence-corrected chi connectivity index (χ2v) is 3.83. The summed E-state index contributed by atoms with van der Waals surface area (Å²) in [6.45, 7) is 4.04. The zero-order chi connectivity index (χ0) is 11.8. The van der Waals surface area contributed by atoms with E-state index in [4.69, 9.17) is 5.73 Å². The van der Waals surface area contributed by atoms with Crippen LogP contribution in [-0.2, 0) is 11.2 Å². The molecule has 1 aromatic carbocycles. The highest BCUT2D eigenvalue weighted by atomic mass is 16.2. The Morgan fingerprint density at radius 2 is 1.94 bits per heavy atom. The molecule has 0 aliphatic carbocycles. The largest absolute Gasteiger partial charge is 0.341 e. The van der Waals surface area contributed by atoms with Gasteiger partial charge in [-0.2, -0.15) is 0 Å². The van der Waals surface area contributed by atoms with Crippen molar-refractivity contribution in [3.63, 3.8) is 0 Å². The molecular formula is C13H20N2O. The van der Waals surface area contributed by atoms with Crippen LogP contribution in [0, 0.1) is 0 Å². The maximum atomic E-state index is 12.0. The smallest absolute Gasteiger partial charge is 0.227 e. The lowest BCUT2D eigenvalue weighted by Crippen LogP contribution is -2.36. The first-order valence-electron chi connectivity index (χ1n) is 5.79. The monoisotopic (exact) mass is 220 g/mol. The first-order valence-corrected chi connectivity index (χ1v) is 5.79. The van der Waals surface area contributed by atoms with E-state index in [1.54, 1.807) is 0 Å². The summed E-state index contributed by atoms with van der Waals surface area (Å²) in [6, 6.07) is 9.82. The lowest BCUT2D eigenvalue weighted by Gasteiger charge is -2.21. The van der Waals surface area contributed by atoms with Crippen LogP contribution in [0.1, 0.15) is 18.9 Å². The van der Waals surface area contributed by atoms with Crippen molar-refractivity contribution in [2.45, 2.75) is 19.8 Å². The van der Waals surface area contributed by atoms with Gasteiger partial charge in [0.05, 0.1) is 6.42 Å². The van der Waals surface area contributed by atoms with E-state index in [1.807, 2.05) is 35.2 Å². The van der Waals surface area contributed by atoms with E-state index in [0.717, 1.165) is 18.5 Å². The Balaban J connectivity index is 2.55. The Morgan fingerprint density at radius 3 is 2.50 bits per heavy atom. The summed E-state index contributed by atoms with van der Waals surface area (Å²) in [7, 11) is 0. The Morgan fingerprint density at radius 1 is 1.25 bits per heavy atom. The minimum atomic E-state index is 0.165. The van der Waals surface area contributed by atoms with Crippen LogP contribution >= 0.6 is 0 Å². The van der Waals surface area contributed by atoms with Crippen molar-refractivity contribution in [3.8, 4) is 0 Å². The summed E-state index contributed by atoms with van der Waals surface area (Å²) < 4.78 is 0. The van der Waals surface area contributed by atoms with Gasteiger partial charge in [0, 0.05) is 19.6 Å².